The van der Waals surface area contributed by atoms with Gasteiger partial charge in [-0.1, -0.05) is 35.3 Å². The molecule has 0 spiro atoms. The van der Waals surface area contributed by atoms with Crippen LogP contribution in [0.2, 0.25) is 10.0 Å². The second-order valence-corrected chi connectivity index (χ2v) is 4.31. The Morgan fingerprint density at radius 1 is 1.39 bits per heavy atom. The van der Waals surface area contributed by atoms with Gasteiger partial charge in [-0.05, 0) is 12.5 Å². The predicted octanol–water partition coefficient (Wildman–Crippen LogP) is 2.69. The summed E-state index contributed by atoms with van der Waals surface area (Å²) in [5, 5.41) is 8.17. The van der Waals surface area contributed by atoms with Crippen molar-refractivity contribution in [1.82, 2.24) is 10.7 Å². The predicted molar refractivity (Wildman–Crippen MR) is 79.4 cm³/mol. The van der Waals surface area contributed by atoms with E-state index in [1.807, 2.05) is 12.1 Å². The maximum Gasteiger partial charge on any atom is 0.212 e. The first-order valence-corrected chi connectivity index (χ1v) is 6.04. The number of guanidine groups is 1. The highest BCUT2D eigenvalue weighted by Gasteiger charge is 2.03. The van der Waals surface area contributed by atoms with Gasteiger partial charge in [0.25, 0.3) is 0 Å². The average molecular weight is 308 g/mol. The van der Waals surface area contributed by atoms with Crippen LogP contribution < -0.4 is 10.7 Å². The van der Waals surface area contributed by atoms with Crippen LogP contribution in [0.5, 0.6) is 0 Å². The highest BCUT2D eigenvalue weighted by Crippen LogP contribution is 2.23. The van der Waals surface area contributed by atoms with E-state index in [9.17, 15) is 0 Å². The molecule has 2 rings (SSSR count). The van der Waals surface area contributed by atoms with Crippen molar-refractivity contribution in [3.05, 3.63) is 33.8 Å². The van der Waals surface area contributed by atoms with Crippen LogP contribution in [-0.4, -0.2) is 25.3 Å². The van der Waals surface area contributed by atoms with Crippen molar-refractivity contribution >= 4 is 47.8 Å². The number of hydrogen-bond acceptors (Lipinski definition) is 4. The Bertz CT molecular complexity index is 460. The van der Waals surface area contributed by atoms with Crippen LogP contribution in [0.25, 0.3) is 0 Å². The Labute approximate surface area is 122 Å². The van der Waals surface area contributed by atoms with Crippen molar-refractivity contribution in [3.63, 3.8) is 0 Å². The summed E-state index contributed by atoms with van der Waals surface area (Å²) in [6.07, 6.45) is 2.67. The number of hydrazone groups is 1. The molecular weight excluding hydrogens is 295 g/mol. The van der Waals surface area contributed by atoms with Crippen LogP contribution in [0.4, 0.5) is 0 Å². The van der Waals surface area contributed by atoms with Crippen molar-refractivity contribution in [2.45, 2.75) is 6.42 Å². The number of nitrogens with one attached hydrogen (secondary N) is 2. The molecule has 1 aromatic rings. The van der Waals surface area contributed by atoms with Crippen LogP contribution in [0.3, 0.4) is 0 Å². The largest absolute Gasteiger partial charge is 0.355 e. The minimum Gasteiger partial charge on any atom is -0.355 e. The van der Waals surface area contributed by atoms with E-state index in [2.05, 4.69) is 20.8 Å². The van der Waals surface area contributed by atoms with E-state index in [0.717, 1.165) is 25.1 Å². The van der Waals surface area contributed by atoms with Gasteiger partial charge in [0.05, 0.1) is 16.3 Å². The molecule has 0 saturated heterocycles. The van der Waals surface area contributed by atoms with Gasteiger partial charge in [0.2, 0.25) is 5.96 Å². The van der Waals surface area contributed by atoms with Crippen molar-refractivity contribution in [2.24, 2.45) is 10.1 Å². The molecule has 0 aliphatic carbocycles. The molecular formula is C11H13Cl3N4. The van der Waals surface area contributed by atoms with Crippen LogP contribution in [0, 0.1) is 0 Å². The fourth-order valence-corrected chi connectivity index (χ4v) is 1.75. The highest BCUT2D eigenvalue weighted by atomic mass is 35.5. The fraction of sp³-hybridized carbons (Fsp3) is 0.273. The van der Waals surface area contributed by atoms with Gasteiger partial charge in [0.1, 0.15) is 0 Å². The Morgan fingerprint density at radius 3 is 2.94 bits per heavy atom. The summed E-state index contributed by atoms with van der Waals surface area (Å²) in [6.45, 7) is 1.74. The average Bonchev–Trinajstić information content (AvgIpc) is 2.36. The van der Waals surface area contributed by atoms with E-state index in [-0.39, 0.29) is 12.4 Å². The SMILES string of the molecule is Cl.Clc1cccc(C=NNC2=NCCCN2)c1Cl. The Morgan fingerprint density at radius 2 is 2.22 bits per heavy atom. The first-order valence-electron chi connectivity index (χ1n) is 5.29. The van der Waals surface area contributed by atoms with Crippen molar-refractivity contribution in [3.8, 4) is 0 Å². The number of hydrogen-bond donors (Lipinski definition) is 2. The molecule has 1 aromatic carbocycles. The van der Waals surface area contributed by atoms with Crippen LogP contribution in [0.1, 0.15) is 12.0 Å². The zero-order chi connectivity index (χ0) is 12.1. The molecule has 1 aliphatic rings. The van der Waals surface area contributed by atoms with Gasteiger partial charge < -0.3 is 5.32 Å². The molecule has 0 radical (unpaired) electrons. The number of benzene rings is 1. The number of rotatable bonds is 2. The number of halogens is 3. The lowest BCUT2D eigenvalue weighted by molar-refractivity contribution is 0.712. The lowest BCUT2D eigenvalue weighted by atomic mass is 10.2. The number of aliphatic imine (C=N–C) groups is 1. The molecule has 7 heteroatoms. The molecule has 1 heterocycles. The van der Waals surface area contributed by atoms with E-state index in [1.54, 1.807) is 12.3 Å². The molecule has 18 heavy (non-hydrogen) atoms. The maximum atomic E-state index is 6.02. The molecule has 1 aliphatic heterocycles. The molecule has 98 valence electrons. The van der Waals surface area contributed by atoms with E-state index >= 15 is 0 Å². The topological polar surface area (TPSA) is 48.8 Å². The standard InChI is InChI=1S/C11H12Cl2N4.ClH/c12-9-4-1-3-8(10(9)13)7-16-17-11-14-5-2-6-15-11;/h1,3-4,7H,2,5-6H2,(H2,14,15,17);1H. The van der Waals surface area contributed by atoms with Crippen molar-refractivity contribution in [2.75, 3.05) is 13.1 Å². The Balaban J connectivity index is 0.00000162. The quantitative estimate of drug-likeness (QED) is 0.652. The molecule has 0 amide bonds. The minimum atomic E-state index is 0. The zero-order valence-corrected chi connectivity index (χ0v) is 11.8. The molecule has 0 bridgehead atoms. The normalized spacial score (nSPS) is 14.7. The Hall–Kier alpha value is -0.970. The van der Waals surface area contributed by atoms with Gasteiger partial charge in [-0.3, -0.25) is 4.99 Å². The molecule has 2 N–H and O–H groups in total. The third kappa shape index (κ3) is 4.05. The lowest BCUT2D eigenvalue weighted by Gasteiger charge is -2.12. The molecule has 0 saturated carbocycles. The van der Waals surface area contributed by atoms with Crippen LogP contribution >= 0.6 is 35.6 Å². The van der Waals surface area contributed by atoms with Gasteiger partial charge in [-0.15, -0.1) is 12.4 Å². The maximum absolute atomic E-state index is 6.02. The summed E-state index contributed by atoms with van der Waals surface area (Å²) in [4.78, 5) is 4.22. The van der Waals surface area contributed by atoms with E-state index < -0.39 is 0 Å². The van der Waals surface area contributed by atoms with Crippen molar-refractivity contribution in [1.29, 1.82) is 0 Å². The minimum absolute atomic E-state index is 0. The summed E-state index contributed by atoms with van der Waals surface area (Å²) in [7, 11) is 0. The van der Waals surface area contributed by atoms with E-state index in [4.69, 9.17) is 23.2 Å². The number of nitrogens with zero attached hydrogens (tertiary/aromatic N) is 2. The monoisotopic (exact) mass is 306 g/mol. The summed E-state index contributed by atoms with van der Waals surface area (Å²) in [6, 6.07) is 5.41. The van der Waals surface area contributed by atoms with Gasteiger partial charge in [0, 0.05) is 18.7 Å². The second kappa shape index (κ2) is 7.46. The van der Waals surface area contributed by atoms with Gasteiger partial charge in [-0.25, -0.2) is 5.43 Å². The Kier molecular flexibility index (Phi) is 6.25. The molecule has 0 atom stereocenters. The van der Waals surface area contributed by atoms with Crippen molar-refractivity contribution < 1.29 is 0 Å². The van der Waals surface area contributed by atoms with Crippen LogP contribution in [-0.2, 0) is 0 Å². The van der Waals surface area contributed by atoms with E-state index in [1.165, 1.54) is 0 Å². The summed E-state index contributed by atoms with van der Waals surface area (Å²) >= 11 is 11.9. The van der Waals surface area contributed by atoms with Gasteiger partial charge >= 0.3 is 0 Å². The summed E-state index contributed by atoms with van der Waals surface area (Å²) < 4.78 is 0. The first-order chi connectivity index (χ1) is 8.27. The molecule has 0 fully saturated rings. The summed E-state index contributed by atoms with van der Waals surface area (Å²) in [5.41, 5.74) is 3.59. The third-order valence-corrected chi connectivity index (χ3v) is 3.09. The van der Waals surface area contributed by atoms with Gasteiger partial charge in [-0.2, -0.15) is 5.10 Å². The molecule has 0 unspecified atom stereocenters. The molecule has 4 nitrogen and oxygen atoms in total. The first kappa shape index (κ1) is 15.1. The fourth-order valence-electron chi connectivity index (χ4n) is 1.39. The second-order valence-electron chi connectivity index (χ2n) is 3.52. The smallest absolute Gasteiger partial charge is 0.212 e. The molecule has 0 aromatic heterocycles. The van der Waals surface area contributed by atoms with Gasteiger partial charge in [0.15, 0.2) is 0 Å². The summed E-state index contributed by atoms with van der Waals surface area (Å²) in [5.74, 6) is 0.686. The zero-order valence-electron chi connectivity index (χ0n) is 9.49. The highest BCUT2D eigenvalue weighted by molar-refractivity contribution is 6.43. The van der Waals surface area contributed by atoms with Crippen LogP contribution in [0.15, 0.2) is 28.3 Å². The third-order valence-electron chi connectivity index (χ3n) is 2.25. The van der Waals surface area contributed by atoms with E-state index in [0.29, 0.717) is 16.0 Å². The lowest BCUT2D eigenvalue weighted by Crippen LogP contribution is -2.38.